The number of pyridine rings is 1. The monoisotopic (exact) mass is 636 g/mol. The maximum absolute atomic E-state index is 13.1. The van der Waals surface area contributed by atoms with Gasteiger partial charge in [0, 0.05) is 36.8 Å². The van der Waals surface area contributed by atoms with Crippen molar-refractivity contribution in [1.29, 1.82) is 0 Å². The summed E-state index contributed by atoms with van der Waals surface area (Å²) in [5.41, 5.74) is 6.47. The molecule has 6 heterocycles. The molecule has 2 aliphatic rings. The number of amides is 1. The smallest absolute Gasteiger partial charge is 0.410 e. The fourth-order valence-electron chi connectivity index (χ4n) is 6.51. The molecule has 2 aliphatic heterocycles. The van der Waals surface area contributed by atoms with Gasteiger partial charge in [-0.15, -0.1) is 0 Å². The summed E-state index contributed by atoms with van der Waals surface area (Å²) in [7, 11) is 0. The summed E-state index contributed by atoms with van der Waals surface area (Å²) in [6.07, 6.45) is 5.94. The summed E-state index contributed by atoms with van der Waals surface area (Å²) in [5.74, 6) is 1.21. The van der Waals surface area contributed by atoms with E-state index in [1.807, 2.05) is 74.1 Å². The lowest BCUT2D eigenvalue weighted by Crippen LogP contribution is -2.50. The predicted octanol–water partition coefficient (Wildman–Crippen LogP) is 6.77. The third-order valence-electron chi connectivity index (χ3n) is 9.12. The van der Waals surface area contributed by atoms with Gasteiger partial charge < -0.3 is 24.2 Å². The maximum atomic E-state index is 13.1. The number of nitrogens with one attached hydrogen (secondary N) is 1. The predicted molar refractivity (Wildman–Crippen MR) is 177 cm³/mol. The van der Waals surface area contributed by atoms with E-state index in [1.165, 1.54) is 0 Å². The van der Waals surface area contributed by atoms with E-state index in [4.69, 9.17) is 29.1 Å². The number of nitrogens with zero attached hydrogens (tertiary/aromatic N) is 7. The number of ether oxygens (including phenoxy) is 2. The first-order valence-electron chi connectivity index (χ1n) is 16.4. The highest BCUT2D eigenvalue weighted by Crippen LogP contribution is 2.35. The molecule has 4 aromatic heterocycles. The summed E-state index contributed by atoms with van der Waals surface area (Å²) in [6.45, 7) is 9.28. The number of likely N-dealkylation sites (tertiary alicyclic amines) is 1. The summed E-state index contributed by atoms with van der Waals surface area (Å²) in [5, 5.41) is 13.6. The van der Waals surface area contributed by atoms with E-state index in [0.29, 0.717) is 19.1 Å². The van der Waals surface area contributed by atoms with Gasteiger partial charge in [-0.1, -0.05) is 35.5 Å². The zero-order chi connectivity index (χ0) is 32.5. The van der Waals surface area contributed by atoms with E-state index in [9.17, 15) is 4.79 Å². The molecule has 1 aromatic carbocycles. The number of piperidine rings is 1. The Labute approximate surface area is 273 Å². The standard InChI is InChI=1S/C35H40N8O4/c1-21-18-36-34(37-26-14-13-22(2)42(19-26)35(44)46-20-25-10-6-5-7-11-25)39-31(21)32-27-15-16-28(30-23(3)41-47-24(30)4)38-33(27)43(40-32)29-12-8-9-17-45-29/h5-7,10-11,15-16,18,22,26,29H,8-9,12-14,17,19-20H2,1-4H3,(H,36,37,39)/t22-,26-,29?/m1/s1. The van der Waals surface area contributed by atoms with Gasteiger partial charge in [-0.05, 0) is 83.1 Å². The van der Waals surface area contributed by atoms with Crippen molar-refractivity contribution in [2.24, 2.45) is 0 Å². The second-order valence-corrected chi connectivity index (χ2v) is 12.6. The molecule has 12 nitrogen and oxygen atoms in total. The van der Waals surface area contributed by atoms with Gasteiger partial charge in [0.1, 0.15) is 18.1 Å². The number of benzene rings is 1. The molecule has 244 valence electrons. The molecule has 12 heteroatoms. The second-order valence-electron chi connectivity index (χ2n) is 12.6. The zero-order valence-electron chi connectivity index (χ0n) is 27.3. The first-order valence-corrected chi connectivity index (χ1v) is 16.4. The van der Waals surface area contributed by atoms with Gasteiger partial charge in [0.25, 0.3) is 0 Å². The van der Waals surface area contributed by atoms with Crippen LogP contribution in [0.3, 0.4) is 0 Å². The largest absolute Gasteiger partial charge is 0.445 e. The molecular weight excluding hydrogens is 596 g/mol. The Bertz CT molecular complexity index is 1860. The fraction of sp³-hybridized carbons (Fsp3) is 0.429. The summed E-state index contributed by atoms with van der Waals surface area (Å²) in [6, 6.07) is 13.8. The van der Waals surface area contributed by atoms with Crippen LogP contribution in [-0.2, 0) is 16.1 Å². The van der Waals surface area contributed by atoms with Crippen LogP contribution in [0.15, 0.2) is 53.2 Å². The van der Waals surface area contributed by atoms with E-state index < -0.39 is 0 Å². The average Bonchev–Trinajstić information content (AvgIpc) is 3.64. The van der Waals surface area contributed by atoms with Crippen molar-refractivity contribution in [3.63, 3.8) is 0 Å². The van der Waals surface area contributed by atoms with E-state index in [1.54, 1.807) is 4.90 Å². The number of carbonyl (C=O) groups excluding carboxylic acids is 1. The van der Waals surface area contributed by atoms with E-state index in [0.717, 1.165) is 88.4 Å². The molecule has 2 fully saturated rings. The Hall–Kier alpha value is -4.84. The Balaban J connectivity index is 1.16. The molecule has 1 N–H and O–H groups in total. The number of hydrogen-bond donors (Lipinski definition) is 1. The van der Waals surface area contributed by atoms with Crippen molar-refractivity contribution >= 4 is 23.1 Å². The van der Waals surface area contributed by atoms with Crippen LogP contribution in [0.1, 0.15) is 67.8 Å². The quantitative estimate of drug-likeness (QED) is 0.204. The molecule has 47 heavy (non-hydrogen) atoms. The zero-order valence-corrected chi connectivity index (χ0v) is 27.3. The van der Waals surface area contributed by atoms with E-state index >= 15 is 0 Å². The topological polar surface area (TPSA) is 133 Å². The lowest BCUT2D eigenvalue weighted by molar-refractivity contribution is -0.0368. The van der Waals surface area contributed by atoms with Crippen LogP contribution >= 0.6 is 0 Å². The minimum Gasteiger partial charge on any atom is -0.445 e. The van der Waals surface area contributed by atoms with Gasteiger partial charge >= 0.3 is 6.09 Å². The Morgan fingerprint density at radius 3 is 2.64 bits per heavy atom. The van der Waals surface area contributed by atoms with Crippen LogP contribution in [0.2, 0.25) is 0 Å². The molecular formula is C35H40N8O4. The number of hydrogen-bond acceptors (Lipinski definition) is 10. The number of rotatable bonds is 7. The molecule has 0 aliphatic carbocycles. The van der Waals surface area contributed by atoms with Gasteiger partial charge in [-0.3, -0.25) is 0 Å². The molecule has 1 unspecified atom stereocenters. The highest BCUT2D eigenvalue weighted by atomic mass is 16.6. The van der Waals surface area contributed by atoms with Crippen molar-refractivity contribution in [1.82, 2.24) is 34.8 Å². The second kappa shape index (κ2) is 13.1. The first-order chi connectivity index (χ1) is 22.9. The molecule has 7 rings (SSSR count). The van der Waals surface area contributed by atoms with Crippen molar-refractivity contribution in [2.45, 2.75) is 84.7 Å². The lowest BCUT2D eigenvalue weighted by atomic mass is 10.00. The average molecular weight is 637 g/mol. The van der Waals surface area contributed by atoms with Crippen LogP contribution < -0.4 is 5.32 Å². The lowest BCUT2D eigenvalue weighted by Gasteiger charge is -2.37. The molecule has 0 bridgehead atoms. The first kappa shape index (κ1) is 30.8. The van der Waals surface area contributed by atoms with Gasteiger partial charge in [0.05, 0.1) is 22.6 Å². The molecule has 3 atom stereocenters. The summed E-state index contributed by atoms with van der Waals surface area (Å²) < 4.78 is 19.2. The Kier molecular flexibility index (Phi) is 8.59. The molecule has 2 saturated heterocycles. The minimum absolute atomic E-state index is 0.0322. The number of anilines is 1. The maximum Gasteiger partial charge on any atom is 0.410 e. The number of fused-ring (bicyclic) bond motifs is 1. The molecule has 0 spiro atoms. The van der Waals surface area contributed by atoms with Gasteiger partial charge in [0.15, 0.2) is 11.9 Å². The SMILES string of the molecule is Cc1cnc(N[C@@H]2CC[C@@H](C)N(C(=O)OCc3ccccc3)C2)nc1-c1nn(C2CCCCO2)c2nc(-c3c(C)noc3C)ccc12. The number of aryl methyl sites for hydroxylation is 3. The Morgan fingerprint density at radius 1 is 1.02 bits per heavy atom. The van der Waals surface area contributed by atoms with Crippen molar-refractivity contribution in [3.8, 4) is 22.6 Å². The third kappa shape index (κ3) is 6.29. The molecule has 0 radical (unpaired) electrons. The van der Waals surface area contributed by atoms with Crippen molar-refractivity contribution < 1.29 is 18.8 Å². The number of carbonyl (C=O) groups is 1. The van der Waals surface area contributed by atoms with Crippen LogP contribution in [0.25, 0.3) is 33.7 Å². The summed E-state index contributed by atoms with van der Waals surface area (Å²) in [4.78, 5) is 29.5. The van der Waals surface area contributed by atoms with Crippen LogP contribution in [0, 0.1) is 20.8 Å². The minimum atomic E-state index is -0.316. The molecule has 1 amide bonds. The van der Waals surface area contributed by atoms with Gasteiger partial charge in [-0.2, -0.15) is 5.10 Å². The highest BCUT2D eigenvalue weighted by molar-refractivity contribution is 5.92. The normalized spacial score (nSPS) is 20.0. The van der Waals surface area contributed by atoms with E-state index in [-0.39, 0.29) is 31.0 Å². The summed E-state index contributed by atoms with van der Waals surface area (Å²) >= 11 is 0. The van der Waals surface area contributed by atoms with Gasteiger partial charge in [-0.25, -0.2) is 24.4 Å². The van der Waals surface area contributed by atoms with Crippen LogP contribution in [0.5, 0.6) is 0 Å². The van der Waals surface area contributed by atoms with Crippen LogP contribution in [-0.4, -0.2) is 66.1 Å². The van der Waals surface area contributed by atoms with Gasteiger partial charge in [0.2, 0.25) is 5.95 Å². The Morgan fingerprint density at radius 2 is 1.87 bits per heavy atom. The molecule has 0 saturated carbocycles. The van der Waals surface area contributed by atoms with Crippen molar-refractivity contribution in [3.05, 3.63) is 71.2 Å². The van der Waals surface area contributed by atoms with E-state index in [2.05, 4.69) is 22.4 Å². The number of aromatic nitrogens is 6. The van der Waals surface area contributed by atoms with Crippen LogP contribution in [0.4, 0.5) is 10.7 Å². The van der Waals surface area contributed by atoms with Crippen molar-refractivity contribution in [2.75, 3.05) is 18.5 Å². The molecule has 5 aromatic rings. The fourth-order valence-corrected chi connectivity index (χ4v) is 6.51. The highest BCUT2D eigenvalue weighted by Gasteiger charge is 2.31. The third-order valence-corrected chi connectivity index (χ3v) is 9.12.